The molecule has 1 heterocycles. The zero-order chi connectivity index (χ0) is 9.19. The summed E-state index contributed by atoms with van der Waals surface area (Å²) in [5.74, 6) is -0.0706. The van der Waals surface area contributed by atoms with E-state index in [9.17, 15) is 4.79 Å². The molecule has 3 nitrogen and oxygen atoms in total. The third-order valence-corrected chi connectivity index (χ3v) is 1.84. The van der Waals surface area contributed by atoms with Gasteiger partial charge < -0.3 is 9.15 Å². The number of methoxy groups -OCH3 is 1. The third-order valence-electron chi connectivity index (χ3n) is 1.84. The van der Waals surface area contributed by atoms with Crippen LogP contribution in [-0.4, -0.2) is 18.5 Å². The third kappa shape index (κ3) is 1.56. The van der Waals surface area contributed by atoms with Crippen molar-refractivity contribution in [2.24, 2.45) is 0 Å². The van der Waals surface area contributed by atoms with Gasteiger partial charge in [-0.25, -0.2) is 0 Å². The van der Waals surface area contributed by atoms with E-state index in [4.69, 9.17) is 9.15 Å². The first-order valence-corrected chi connectivity index (χ1v) is 3.70. The Hall–Kier alpha value is -1.09. The standard InChI is InChI=1S/C9H12O3/c1-9(2,11-3)8(10)7-4-5-12-6-7/h4-6H,1-3H3. The van der Waals surface area contributed by atoms with Crippen molar-refractivity contribution >= 4 is 5.78 Å². The van der Waals surface area contributed by atoms with Crippen LogP contribution in [0.5, 0.6) is 0 Å². The largest absolute Gasteiger partial charge is 0.472 e. The SMILES string of the molecule is COC(C)(C)C(=O)c1ccoc1. The Balaban J connectivity index is 2.86. The summed E-state index contributed by atoms with van der Waals surface area (Å²) >= 11 is 0. The first-order valence-electron chi connectivity index (χ1n) is 3.70. The molecule has 0 aliphatic rings. The van der Waals surface area contributed by atoms with Gasteiger partial charge in [0.15, 0.2) is 5.78 Å². The Kier molecular flexibility index (Phi) is 2.33. The van der Waals surface area contributed by atoms with Crippen molar-refractivity contribution in [3.05, 3.63) is 24.2 Å². The van der Waals surface area contributed by atoms with Crippen molar-refractivity contribution in [2.75, 3.05) is 7.11 Å². The monoisotopic (exact) mass is 168 g/mol. The molecule has 0 amide bonds. The highest BCUT2D eigenvalue weighted by Crippen LogP contribution is 2.16. The quantitative estimate of drug-likeness (QED) is 0.647. The lowest BCUT2D eigenvalue weighted by atomic mass is 9.99. The van der Waals surface area contributed by atoms with Gasteiger partial charge in [-0.15, -0.1) is 0 Å². The van der Waals surface area contributed by atoms with Crippen LogP contribution in [0.4, 0.5) is 0 Å². The van der Waals surface area contributed by atoms with Crippen LogP contribution >= 0.6 is 0 Å². The number of ketones is 1. The van der Waals surface area contributed by atoms with Crippen LogP contribution in [-0.2, 0) is 4.74 Å². The van der Waals surface area contributed by atoms with E-state index >= 15 is 0 Å². The van der Waals surface area contributed by atoms with Crippen LogP contribution in [0.2, 0.25) is 0 Å². The minimum atomic E-state index is -0.774. The summed E-state index contributed by atoms with van der Waals surface area (Å²) in [6.45, 7) is 3.45. The van der Waals surface area contributed by atoms with Crippen molar-refractivity contribution in [3.8, 4) is 0 Å². The fourth-order valence-corrected chi connectivity index (χ4v) is 0.834. The topological polar surface area (TPSA) is 39.4 Å². The van der Waals surface area contributed by atoms with Crippen molar-refractivity contribution in [1.29, 1.82) is 0 Å². The molecule has 1 aromatic rings. The van der Waals surface area contributed by atoms with Gasteiger partial charge in [0, 0.05) is 7.11 Å². The van der Waals surface area contributed by atoms with E-state index in [1.165, 1.54) is 19.6 Å². The Morgan fingerprint density at radius 1 is 1.58 bits per heavy atom. The lowest BCUT2D eigenvalue weighted by molar-refractivity contribution is 0.0227. The summed E-state index contributed by atoms with van der Waals surface area (Å²) in [5, 5.41) is 0. The lowest BCUT2D eigenvalue weighted by Gasteiger charge is -2.19. The Labute approximate surface area is 71.3 Å². The molecular formula is C9H12O3. The minimum absolute atomic E-state index is 0.0706. The molecule has 0 radical (unpaired) electrons. The molecule has 66 valence electrons. The molecule has 3 heteroatoms. The van der Waals surface area contributed by atoms with E-state index in [0.717, 1.165) is 0 Å². The fourth-order valence-electron chi connectivity index (χ4n) is 0.834. The molecule has 0 atom stereocenters. The van der Waals surface area contributed by atoms with Gasteiger partial charge in [-0.3, -0.25) is 4.79 Å². The van der Waals surface area contributed by atoms with Gasteiger partial charge in [-0.2, -0.15) is 0 Å². The van der Waals surface area contributed by atoms with Gasteiger partial charge in [0.2, 0.25) is 0 Å². The van der Waals surface area contributed by atoms with Crippen molar-refractivity contribution < 1.29 is 13.9 Å². The normalized spacial score (nSPS) is 11.6. The van der Waals surface area contributed by atoms with Gasteiger partial charge in [0.25, 0.3) is 0 Å². The molecule has 0 aliphatic heterocycles. The number of rotatable bonds is 3. The molecular weight excluding hydrogens is 156 g/mol. The second-order valence-electron chi connectivity index (χ2n) is 3.06. The maximum absolute atomic E-state index is 11.6. The van der Waals surface area contributed by atoms with E-state index in [1.807, 2.05) is 0 Å². The average Bonchev–Trinajstić information content (AvgIpc) is 2.55. The molecule has 0 spiro atoms. The first kappa shape index (κ1) is 9.00. The Bertz CT molecular complexity index is 259. The van der Waals surface area contributed by atoms with Crippen molar-refractivity contribution in [1.82, 2.24) is 0 Å². The van der Waals surface area contributed by atoms with Crippen LogP contribution in [0.3, 0.4) is 0 Å². The van der Waals surface area contributed by atoms with Crippen molar-refractivity contribution in [3.63, 3.8) is 0 Å². The van der Waals surface area contributed by atoms with Crippen LogP contribution in [0.1, 0.15) is 24.2 Å². The summed E-state index contributed by atoms with van der Waals surface area (Å²) in [6, 6.07) is 1.63. The summed E-state index contributed by atoms with van der Waals surface area (Å²) in [5.41, 5.74) is -0.231. The zero-order valence-electron chi connectivity index (χ0n) is 7.46. The molecule has 0 saturated carbocycles. The van der Waals surface area contributed by atoms with E-state index in [2.05, 4.69) is 0 Å². The number of ether oxygens (including phenoxy) is 1. The smallest absolute Gasteiger partial charge is 0.197 e. The van der Waals surface area contributed by atoms with E-state index in [0.29, 0.717) is 5.56 Å². The maximum Gasteiger partial charge on any atom is 0.197 e. The molecule has 0 aliphatic carbocycles. The molecule has 0 fully saturated rings. The molecule has 1 aromatic heterocycles. The molecule has 1 rings (SSSR count). The molecule has 0 unspecified atom stereocenters. The highest BCUT2D eigenvalue weighted by atomic mass is 16.5. The second kappa shape index (κ2) is 3.11. The maximum atomic E-state index is 11.6. The number of hydrogen-bond acceptors (Lipinski definition) is 3. The number of furan rings is 1. The molecule has 12 heavy (non-hydrogen) atoms. The van der Waals surface area contributed by atoms with Crippen LogP contribution in [0.15, 0.2) is 23.0 Å². The van der Waals surface area contributed by atoms with E-state index in [1.54, 1.807) is 19.9 Å². The van der Waals surface area contributed by atoms with E-state index < -0.39 is 5.60 Å². The highest BCUT2D eigenvalue weighted by molar-refractivity contribution is 6.01. The second-order valence-corrected chi connectivity index (χ2v) is 3.06. The Morgan fingerprint density at radius 3 is 2.67 bits per heavy atom. The summed E-state index contributed by atoms with van der Waals surface area (Å²) < 4.78 is 9.83. The minimum Gasteiger partial charge on any atom is -0.472 e. The average molecular weight is 168 g/mol. The lowest BCUT2D eigenvalue weighted by Crippen LogP contribution is -2.33. The summed E-state index contributed by atoms with van der Waals surface area (Å²) in [7, 11) is 1.51. The van der Waals surface area contributed by atoms with Gasteiger partial charge >= 0.3 is 0 Å². The van der Waals surface area contributed by atoms with Gasteiger partial charge in [0.1, 0.15) is 11.9 Å². The highest BCUT2D eigenvalue weighted by Gasteiger charge is 2.28. The first-order chi connectivity index (χ1) is 5.58. The van der Waals surface area contributed by atoms with Gasteiger partial charge in [-0.1, -0.05) is 0 Å². The fraction of sp³-hybridized carbons (Fsp3) is 0.444. The zero-order valence-corrected chi connectivity index (χ0v) is 7.46. The number of carbonyl (C=O) groups excluding carboxylic acids is 1. The van der Waals surface area contributed by atoms with Crippen LogP contribution < -0.4 is 0 Å². The number of Topliss-reactive ketones (excluding diaryl/α,β-unsaturated/α-hetero) is 1. The predicted molar refractivity (Wildman–Crippen MR) is 44.1 cm³/mol. The van der Waals surface area contributed by atoms with Crippen LogP contribution in [0, 0.1) is 0 Å². The molecule has 0 aromatic carbocycles. The molecule has 0 bridgehead atoms. The predicted octanol–water partition coefficient (Wildman–Crippen LogP) is 1.89. The summed E-state index contributed by atoms with van der Waals surface area (Å²) in [6.07, 6.45) is 2.89. The van der Waals surface area contributed by atoms with Gasteiger partial charge in [-0.05, 0) is 19.9 Å². The van der Waals surface area contributed by atoms with E-state index in [-0.39, 0.29) is 5.78 Å². The Morgan fingerprint density at radius 2 is 2.25 bits per heavy atom. The van der Waals surface area contributed by atoms with Gasteiger partial charge in [0.05, 0.1) is 11.8 Å². The molecule has 0 saturated heterocycles. The van der Waals surface area contributed by atoms with Crippen molar-refractivity contribution in [2.45, 2.75) is 19.4 Å². The number of hydrogen-bond donors (Lipinski definition) is 0. The van der Waals surface area contributed by atoms with Crippen LogP contribution in [0.25, 0.3) is 0 Å². The number of carbonyl (C=O) groups is 1. The summed E-state index contributed by atoms with van der Waals surface area (Å²) in [4.78, 5) is 11.6. The molecule has 0 N–H and O–H groups in total.